The number of amides is 2. The number of anilines is 2. The van der Waals surface area contributed by atoms with Crippen molar-refractivity contribution >= 4 is 51.3 Å². The van der Waals surface area contributed by atoms with Crippen LogP contribution in [0.3, 0.4) is 0 Å². The van der Waals surface area contributed by atoms with Crippen molar-refractivity contribution in [3.8, 4) is 11.3 Å². The first-order chi connectivity index (χ1) is 18.6. The molecule has 192 valence electrons. The van der Waals surface area contributed by atoms with Crippen molar-refractivity contribution in [1.82, 2.24) is 15.2 Å². The smallest absolute Gasteiger partial charge is 0.250 e. The predicted octanol–water partition coefficient (Wildman–Crippen LogP) is 5.47. The minimum Gasteiger partial charge on any atom is -0.347 e. The molecule has 0 aliphatic carbocycles. The van der Waals surface area contributed by atoms with Gasteiger partial charge in [0, 0.05) is 23.2 Å². The van der Waals surface area contributed by atoms with E-state index in [1.54, 1.807) is 4.90 Å². The number of aromatic nitrogens is 1. The predicted molar refractivity (Wildman–Crippen MR) is 156 cm³/mol. The van der Waals surface area contributed by atoms with Gasteiger partial charge in [0.1, 0.15) is 12.1 Å². The summed E-state index contributed by atoms with van der Waals surface area (Å²) in [5.74, 6) is -0.434. The number of thiazole rings is 1. The van der Waals surface area contributed by atoms with E-state index in [0.717, 1.165) is 28.9 Å². The van der Waals surface area contributed by atoms with Crippen LogP contribution in [0.5, 0.6) is 0 Å². The fourth-order valence-corrected chi connectivity index (χ4v) is 5.44. The van der Waals surface area contributed by atoms with E-state index in [9.17, 15) is 9.59 Å². The van der Waals surface area contributed by atoms with Gasteiger partial charge in [-0.2, -0.15) is 0 Å². The molecule has 3 aromatic carbocycles. The quantitative estimate of drug-likeness (QED) is 0.269. The van der Waals surface area contributed by atoms with E-state index in [2.05, 4.69) is 20.9 Å². The highest BCUT2D eigenvalue weighted by Gasteiger charge is 2.38. The molecule has 2 heterocycles. The number of benzene rings is 3. The van der Waals surface area contributed by atoms with E-state index < -0.39 is 12.1 Å². The zero-order valence-electron chi connectivity index (χ0n) is 20.5. The molecule has 2 atom stereocenters. The van der Waals surface area contributed by atoms with Gasteiger partial charge in [-0.05, 0) is 42.8 Å². The van der Waals surface area contributed by atoms with Crippen LogP contribution in [-0.4, -0.2) is 39.4 Å². The summed E-state index contributed by atoms with van der Waals surface area (Å²) in [7, 11) is 0. The fraction of sp³-hybridized carbons (Fsp3) is 0.172. The summed E-state index contributed by atoms with van der Waals surface area (Å²) in [5.41, 5.74) is 3.38. The van der Waals surface area contributed by atoms with Crippen molar-refractivity contribution in [2.24, 2.45) is 0 Å². The number of likely N-dealkylation sites (tertiary alicyclic amines) is 1. The van der Waals surface area contributed by atoms with Crippen molar-refractivity contribution in [1.29, 1.82) is 0 Å². The Bertz CT molecular complexity index is 1400. The van der Waals surface area contributed by atoms with Crippen LogP contribution in [0.2, 0.25) is 0 Å². The van der Waals surface area contributed by atoms with E-state index in [1.165, 1.54) is 11.3 Å². The molecule has 7 nitrogen and oxygen atoms in total. The molecule has 4 aromatic rings. The van der Waals surface area contributed by atoms with Gasteiger partial charge in [-0.25, -0.2) is 4.98 Å². The Morgan fingerprint density at radius 3 is 2.29 bits per heavy atom. The van der Waals surface area contributed by atoms with E-state index in [0.29, 0.717) is 23.2 Å². The first kappa shape index (κ1) is 25.6. The second-order valence-electron chi connectivity index (χ2n) is 8.89. The van der Waals surface area contributed by atoms with Gasteiger partial charge in [0.2, 0.25) is 11.8 Å². The average Bonchev–Trinajstić information content (AvgIpc) is 3.63. The van der Waals surface area contributed by atoms with Gasteiger partial charge in [0.15, 0.2) is 10.2 Å². The Hall–Kier alpha value is -4.08. The highest BCUT2D eigenvalue weighted by atomic mass is 32.1. The van der Waals surface area contributed by atoms with Crippen LogP contribution >= 0.6 is 23.6 Å². The van der Waals surface area contributed by atoms with Crippen molar-refractivity contribution < 1.29 is 9.59 Å². The molecular formula is C29H27N5O2S2. The second kappa shape index (κ2) is 12.0. The maximum absolute atomic E-state index is 13.9. The molecule has 9 heteroatoms. The lowest BCUT2D eigenvalue weighted by Crippen LogP contribution is -2.49. The van der Waals surface area contributed by atoms with Crippen LogP contribution in [-0.2, 0) is 9.59 Å². The van der Waals surface area contributed by atoms with Gasteiger partial charge in [-0.15, -0.1) is 11.3 Å². The van der Waals surface area contributed by atoms with E-state index in [1.807, 2.05) is 96.4 Å². The molecule has 1 aliphatic rings. The third-order valence-corrected chi connectivity index (χ3v) is 7.31. The molecule has 1 saturated heterocycles. The molecule has 5 rings (SSSR count). The van der Waals surface area contributed by atoms with Gasteiger partial charge in [-0.3, -0.25) is 9.59 Å². The number of hydrogen-bond donors (Lipinski definition) is 3. The molecule has 0 unspecified atom stereocenters. The van der Waals surface area contributed by atoms with Gasteiger partial charge in [-0.1, -0.05) is 78.9 Å². The number of carbonyl (C=O) groups is 2. The van der Waals surface area contributed by atoms with Crippen LogP contribution in [0.15, 0.2) is 96.4 Å². The Kier molecular flexibility index (Phi) is 8.06. The van der Waals surface area contributed by atoms with E-state index in [-0.39, 0.29) is 11.8 Å². The molecule has 2 amide bonds. The van der Waals surface area contributed by atoms with E-state index in [4.69, 9.17) is 12.2 Å². The topological polar surface area (TPSA) is 86.4 Å². The number of nitrogens with one attached hydrogen (secondary N) is 3. The Labute approximate surface area is 230 Å². The molecule has 38 heavy (non-hydrogen) atoms. The molecule has 1 aromatic heterocycles. The molecule has 0 bridgehead atoms. The zero-order chi connectivity index (χ0) is 26.3. The average molecular weight is 542 g/mol. The summed E-state index contributed by atoms with van der Waals surface area (Å²) in [6.07, 6.45) is 1.33. The lowest BCUT2D eigenvalue weighted by Gasteiger charge is -2.29. The molecule has 1 aliphatic heterocycles. The van der Waals surface area contributed by atoms with Gasteiger partial charge < -0.3 is 20.9 Å². The largest absolute Gasteiger partial charge is 0.347 e. The summed E-state index contributed by atoms with van der Waals surface area (Å²) in [5, 5.41) is 12.0. The maximum Gasteiger partial charge on any atom is 0.250 e. The normalized spacial score (nSPS) is 15.5. The van der Waals surface area contributed by atoms with Gasteiger partial charge in [0.05, 0.1) is 5.69 Å². The number of rotatable bonds is 7. The van der Waals surface area contributed by atoms with E-state index >= 15 is 0 Å². The van der Waals surface area contributed by atoms with Crippen molar-refractivity contribution in [2.75, 3.05) is 17.2 Å². The highest BCUT2D eigenvalue weighted by Crippen LogP contribution is 2.28. The first-order valence-electron chi connectivity index (χ1n) is 12.4. The summed E-state index contributed by atoms with van der Waals surface area (Å²) >= 11 is 6.91. The molecule has 0 radical (unpaired) electrons. The van der Waals surface area contributed by atoms with Crippen molar-refractivity contribution in [3.05, 3.63) is 102 Å². The lowest BCUT2D eigenvalue weighted by atomic mass is 10.0. The Morgan fingerprint density at radius 2 is 1.58 bits per heavy atom. The van der Waals surface area contributed by atoms with Crippen molar-refractivity contribution in [3.63, 3.8) is 0 Å². The number of nitrogens with zero attached hydrogens (tertiary/aromatic N) is 2. The van der Waals surface area contributed by atoms with Crippen LogP contribution in [0.1, 0.15) is 24.4 Å². The van der Waals surface area contributed by atoms with Gasteiger partial charge in [0.25, 0.3) is 0 Å². The number of hydrogen-bond acceptors (Lipinski definition) is 5. The maximum atomic E-state index is 13.9. The molecule has 1 fully saturated rings. The summed E-state index contributed by atoms with van der Waals surface area (Å²) in [6.45, 7) is 0.494. The Balaban J connectivity index is 1.30. The fourth-order valence-electron chi connectivity index (χ4n) is 4.48. The third-order valence-electron chi connectivity index (χ3n) is 6.33. The zero-order valence-corrected chi connectivity index (χ0v) is 22.2. The Morgan fingerprint density at radius 1 is 0.921 bits per heavy atom. The SMILES string of the molecule is O=C(Nc1nc(-c2ccccc2)cs1)[C@@H]1CCCN1C(=O)[C@H](NC(=S)Nc1ccccc1)c1ccccc1. The minimum absolute atomic E-state index is 0.199. The van der Waals surface area contributed by atoms with Crippen LogP contribution in [0, 0.1) is 0 Å². The molecular weight excluding hydrogens is 514 g/mol. The van der Waals surface area contributed by atoms with Gasteiger partial charge >= 0.3 is 0 Å². The standard InChI is InChI=1S/C29H27N5O2S2/c35-26(33-29-31-23(19-38-29)20-11-4-1-5-12-20)24-17-10-18-34(24)27(36)25(21-13-6-2-7-14-21)32-28(37)30-22-15-8-3-9-16-22/h1-9,11-16,19,24-25H,10,17-18H2,(H2,30,32,37)(H,31,33,35)/t24-,25+/m0/s1. The molecule has 0 saturated carbocycles. The van der Waals surface area contributed by atoms with Crippen LogP contribution in [0.25, 0.3) is 11.3 Å². The van der Waals surface area contributed by atoms with Crippen molar-refractivity contribution in [2.45, 2.75) is 24.9 Å². The summed E-state index contributed by atoms with van der Waals surface area (Å²) in [4.78, 5) is 33.4. The summed E-state index contributed by atoms with van der Waals surface area (Å²) in [6, 6.07) is 27.4. The molecule has 3 N–H and O–H groups in total. The first-order valence-corrected chi connectivity index (χ1v) is 13.7. The number of carbonyl (C=O) groups excluding carboxylic acids is 2. The molecule has 0 spiro atoms. The monoisotopic (exact) mass is 541 g/mol. The number of thiocarbonyl (C=S) groups is 1. The second-order valence-corrected chi connectivity index (χ2v) is 10.2. The highest BCUT2D eigenvalue weighted by molar-refractivity contribution is 7.80. The minimum atomic E-state index is -0.738. The summed E-state index contributed by atoms with van der Waals surface area (Å²) < 4.78 is 0. The van der Waals surface area contributed by atoms with Crippen LogP contribution in [0.4, 0.5) is 10.8 Å². The third kappa shape index (κ3) is 6.07. The lowest BCUT2D eigenvalue weighted by molar-refractivity contribution is -0.138. The van der Waals surface area contributed by atoms with Crippen LogP contribution < -0.4 is 16.0 Å². The number of para-hydroxylation sites is 1.